The molecule has 3 aromatic carbocycles. The normalized spacial score (nSPS) is 17.2. The Labute approximate surface area is 189 Å². The van der Waals surface area contributed by atoms with E-state index in [-0.39, 0.29) is 24.0 Å². The lowest BCUT2D eigenvalue weighted by Gasteiger charge is -2.15. The van der Waals surface area contributed by atoms with Crippen molar-refractivity contribution in [2.45, 2.75) is 11.7 Å². The molecule has 4 rings (SSSR count). The van der Waals surface area contributed by atoms with Crippen LogP contribution < -0.4 is 10.2 Å². The molecular weight excluding hydrogens is 424 g/mol. The van der Waals surface area contributed by atoms with Crippen molar-refractivity contribution in [3.05, 3.63) is 90.5 Å². The van der Waals surface area contributed by atoms with Crippen LogP contribution in [0.15, 0.2) is 95.1 Å². The highest BCUT2D eigenvalue weighted by molar-refractivity contribution is 8.16. The minimum atomic E-state index is -0.641. The predicted octanol–water partition coefficient (Wildman–Crippen LogP) is 4.26. The number of phenolic OH excluding ortho intramolecular Hbond substituents is 1. The molecule has 0 aromatic heterocycles. The van der Waals surface area contributed by atoms with E-state index >= 15 is 0 Å². The van der Waals surface area contributed by atoms with Crippen LogP contribution in [0.1, 0.15) is 12.0 Å². The highest BCUT2D eigenvalue weighted by atomic mass is 32.2. The van der Waals surface area contributed by atoms with Gasteiger partial charge in [-0.1, -0.05) is 60.3 Å². The first-order chi connectivity index (χ1) is 15.6. The van der Waals surface area contributed by atoms with Gasteiger partial charge in [0.15, 0.2) is 5.17 Å². The van der Waals surface area contributed by atoms with Gasteiger partial charge in [-0.25, -0.2) is 0 Å². The standard InChI is InChI=1S/C24H20N4O3S/c29-20-13-11-19(12-14-20)28-23(31)21(15-22(30)26-18-9-5-2-6-10-18)32-24(28)27-25-16-17-7-3-1-4-8-17/h1-14,16,21,29H,15H2,(H,26,30)/b25-16+,27-24+. The molecule has 160 valence electrons. The van der Waals surface area contributed by atoms with Gasteiger partial charge >= 0.3 is 0 Å². The van der Waals surface area contributed by atoms with Crippen LogP contribution in [-0.4, -0.2) is 33.6 Å². The van der Waals surface area contributed by atoms with E-state index in [0.29, 0.717) is 16.5 Å². The summed E-state index contributed by atoms with van der Waals surface area (Å²) in [4.78, 5) is 27.1. The van der Waals surface area contributed by atoms with E-state index in [4.69, 9.17) is 0 Å². The highest BCUT2D eigenvalue weighted by Gasteiger charge is 2.40. The lowest BCUT2D eigenvalue weighted by atomic mass is 10.2. The third-order valence-corrected chi connectivity index (χ3v) is 5.75. The number of carbonyl (C=O) groups is 2. The van der Waals surface area contributed by atoms with Gasteiger partial charge < -0.3 is 10.4 Å². The molecule has 0 radical (unpaired) electrons. The summed E-state index contributed by atoms with van der Waals surface area (Å²) in [6.07, 6.45) is 1.59. The van der Waals surface area contributed by atoms with E-state index < -0.39 is 5.25 Å². The number of amidine groups is 1. The molecule has 3 aromatic rings. The Kier molecular flexibility index (Phi) is 6.62. The van der Waals surface area contributed by atoms with Gasteiger partial charge in [0.2, 0.25) is 11.8 Å². The van der Waals surface area contributed by atoms with Crippen LogP contribution in [0, 0.1) is 0 Å². The van der Waals surface area contributed by atoms with Gasteiger partial charge in [-0.15, -0.1) is 5.10 Å². The molecule has 8 heteroatoms. The fourth-order valence-corrected chi connectivity index (χ4v) is 4.18. The molecule has 1 fully saturated rings. The summed E-state index contributed by atoms with van der Waals surface area (Å²) in [6, 6.07) is 24.8. The topological polar surface area (TPSA) is 94.4 Å². The average molecular weight is 445 g/mol. The molecule has 1 atom stereocenters. The Hall–Kier alpha value is -3.91. The molecule has 0 bridgehead atoms. The second-order valence-corrected chi connectivity index (χ2v) is 8.12. The number of anilines is 2. The number of hydrogen-bond acceptors (Lipinski definition) is 6. The van der Waals surface area contributed by atoms with Gasteiger partial charge in [0.1, 0.15) is 11.0 Å². The summed E-state index contributed by atoms with van der Waals surface area (Å²) in [7, 11) is 0. The van der Waals surface area contributed by atoms with Gasteiger partial charge in [-0.05, 0) is 42.0 Å². The zero-order chi connectivity index (χ0) is 22.3. The lowest BCUT2D eigenvalue weighted by molar-refractivity contribution is -0.121. The number of nitrogens with zero attached hydrogens (tertiary/aromatic N) is 3. The third-order valence-electron chi connectivity index (χ3n) is 4.62. The Balaban J connectivity index is 1.55. The second kappa shape index (κ2) is 9.93. The van der Waals surface area contributed by atoms with Gasteiger partial charge in [0.25, 0.3) is 0 Å². The molecule has 7 nitrogen and oxygen atoms in total. The minimum Gasteiger partial charge on any atom is -0.508 e. The van der Waals surface area contributed by atoms with Crippen molar-refractivity contribution < 1.29 is 14.7 Å². The molecule has 32 heavy (non-hydrogen) atoms. The Bertz CT molecular complexity index is 1150. The molecule has 1 unspecified atom stereocenters. The zero-order valence-corrected chi connectivity index (χ0v) is 17.8. The van der Waals surface area contributed by atoms with Crippen molar-refractivity contribution in [1.82, 2.24) is 0 Å². The second-order valence-electron chi connectivity index (χ2n) is 6.95. The van der Waals surface area contributed by atoms with Crippen molar-refractivity contribution in [3.63, 3.8) is 0 Å². The summed E-state index contributed by atoms with van der Waals surface area (Å²) >= 11 is 1.19. The fourth-order valence-electron chi connectivity index (χ4n) is 3.09. The van der Waals surface area contributed by atoms with Gasteiger partial charge in [-0.2, -0.15) is 5.10 Å². The van der Waals surface area contributed by atoms with Crippen LogP contribution in [0.4, 0.5) is 11.4 Å². The minimum absolute atomic E-state index is 0.00556. The molecule has 1 saturated heterocycles. The van der Waals surface area contributed by atoms with E-state index in [0.717, 1.165) is 5.56 Å². The summed E-state index contributed by atoms with van der Waals surface area (Å²) in [5.41, 5.74) is 2.09. The van der Waals surface area contributed by atoms with Crippen molar-refractivity contribution in [3.8, 4) is 5.75 Å². The van der Waals surface area contributed by atoms with E-state index in [2.05, 4.69) is 15.5 Å². The van der Waals surface area contributed by atoms with E-state index in [1.807, 2.05) is 48.5 Å². The van der Waals surface area contributed by atoms with Crippen LogP contribution in [0.25, 0.3) is 0 Å². The molecule has 1 aliphatic rings. The van der Waals surface area contributed by atoms with Crippen LogP contribution in [-0.2, 0) is 9.59 Å². The molecule has 2 amide bonds. The number of nitrogens with one attached hydrogen (secondary N) is 1. The monoisotopic (exact) mass is 444 g/mol. The average Bonchev–Trinajstić information content (AvgIpc) is 3.10. The number of carbonyl (C=O) groups excluding carboxylic acids is 2. The van der Waals surface area contributed by atoms with Gasteiger partial charge in [-0.3, -0.25) is 14.5 Å². The number of para-hydroxylation sites is 1. The molecule has 1 heterocycles. The number of rotatable bonds is 6. The molecule has 2 N–H and O–H groups in total. The summed E-state index contributed by atoms with van der Waals surface area (Å²) < 4.78 is 0. The number of phenols is 1. The van der Waals surface area contributed by atoms with E-state index in [1.165, 1.54) is 28.8 Å². The summed E-state index contributed by atoms with van der Waals surface area (Å²) in [6.45, 7) is 0. The third kappa shape index (κ3) is 5.22. The van der Waals surface area contributed by atoms with Crippen molar-refractivity contribution >= 4 is 46.3 Å². The molecule has 0 saturated carbocycles. The fraction of sp³-hybridized carbons (Fsp3) is 0.0833. The first-order valence-electron chi connectivity index (χ1n) is 9.91. The van der Waals surface area contributed by atoms with Gasteiger partial charge in [0.05, 0.1) is 11.9 Å². The number of amides is 2. The number of hydrogen-bond donors (Lipinski definition) is 2. The first kappa shape index (κ1) is 21.3. The maximum atomic E-state index is 13.2. The van der Waals surface area contributed by atoms with Crippen molar-refractivity contribution in [2.75, 3.05) is 10.2 Å². The van der Waals surface area contributed by atoms with Crippen LogP contribution >= 0.6 is 11.8 Å². The Morgan fingerprint density at radius 2 is 1.66 bits per heavy atom. The summed E-state index contributed by atoms with van der Waals surface area (Å²) in [5, 5.41) is 20.5. The maximum absolute atomic E-state index is 13.2. The zero-order valence-electron chi connectivity index (χ0n) is 17.0. The van der Waals surface area contributed by atoms with E-state index in [1.54, 1.807) is 30.5 Å². The number of benzene rings is 3. The van der Waals surface area contributed by atoms with Gasteiger partial charge in [0, 0.05) is 12.1 Å². The van der Waals surface area contributed by atoms with Crippen molar-refractivity contribution in [2.24, 2.45) is 10.2 Å². The predicted molar refractivity (Wildman–Crippen MR) is 128 cm³/mol. The number of thioether (sulfide) groups is 1. The number of aromatic hydroxyl groups is 1. The molecule has 1 aliphatic heterocycles. The Morgan fingerprint density at radius 1 is 1.00 bits per heavy atom. The lowest BCUT2D eigenvalue weighted by Crippen LogP contribution is -2.33. The van der Waals surface area contributed by atoms with Crippen LogP contribution in [0.5, 0.6) is 5.75 Å². The van der Waals surface area contributed by atoms with E-state index in [9.17, 15) is 14.7 Å². The van der Waals surface area contributed by atoms with Crippen molar-refractivity contribution in [1.29, 1.82) is 0 Å². The highest BCUT2D eigenvalue weighted by Crippen LogP contribution is 2.34. The molecule has 0 aliphatic carbocycles. The Morgan fingerprint density at radius 3 is 2.34 bits per heavy atom. The first-order valence-corrected chi connectivity index (χ1v) is 10.8. The summed E-state index contributed by atoms with van der Waals surface area (Å²) in [5.74, 6) is -0.438. The smallest absolute Gasteiger partial charge is 0.247 e. The molecular formula is C24H20N4O3S. The molecule has 0 spiro atoms. The van der Waals surface area contributed by atoms with Crippen LogP contribution in [0.3, 0.4) is 0 Å². The largest absolute Gasteiger partial charge is 0.508 e. The maximum Gasteiger partial charge on any atom is 0.247 e. The SMILES string of the molecule is O=C(CC1S/C(=N/N=C/c2ccccc2)N(c2ccc(O)cc2)C1=O)Nc1ccccc1. The quantitative estimate of drug-likeness (QED) is 0.439. The van der Waals surface area contributed by atoms with Crippen LogP contribution in [0.2, 0.25) is 0 Å².